The van der Waals surface area contributed by atoms with Crippen LogP contribution in [-0.2, 0) is 19.5 Å². The van der Waals surface area contributed by atoms with Crippen LogP contribution in [0.2, 0.25) is 10.0 Å². The van der Waals surface area contributed by atoms with Crippen molar-refractivity contribution in [2.75, 3.05) is 0 Å². The van der Waals surface area contributed by atoms with Crippen LogP contribution in [0.3, 0.4) is 0 Å². The highest BCUT2D eigenvalue weighted by Gasteiger charge is 2.30. The van der Waals surface area contributed by atoms with Gasteiger partial charge in [0.15, 0.2) is 12.2 Å². The van der Waals surface area contributed by atoms with Crippen molar-refractivity contribution in [1.82, 2.24) is 4.57 Å². The van der Waals surface area contributed by atoms with Crippen molar-refractivity contribution in [3.63, 3.8) is 0 Å². The van der Waals surface area contributed by atoms with Crippen molar-refractivity contribution in [1.29, 1.82) is 0 Å². The van der Waals surface area contributed by atoms with Crippen LogP contribution in [0, 0.1) is 5.82 Å². The summed E-state index contributed by atoms with van der Waals surface area (Å²) in [6.45, 7) is 1.13. The first kappa shape index (κ1) is 20.1. The maximum Gasteiger partial charge on any atom is 0.257 e. The molecule has 0 saturated heterocycles. The van der Waals surface area contributed by atoms with Gasteiger partial charge in [0.1, 0.15) is 12.0 Å². The summed E-state index contributed by atoms with van der Waals surface area (Å²) in [5, 5.41) is 1.02. The van der Waals surface area contributed by atoms with Crippen molar-refractivity contribution in [3.8, 4) is 11.3 Å². The zero-order valence-corrected chi connectivity index (χ0v) is 17.4. The Morgan fingerprint density at radius 1 is 1.11 bits per heavy atom. The number of ketones is 1. The van der Waals surface area contributed by atoms with Crippen LogP contribution < -0.4 is 21.5 Å². The highest BCUT2D eigenvalue weighted by atomic mass is 79.9. The van der Waals surface area contributed by atoms with Crippen LogP contribution in [0.4, 0.5) is 4.39 Å². The number of hydrogen-bond acceptors (Lipinski definition) is 1. The van der Waals surface area contributed by atoms with Gasteiger partial charge >= 0.3 is 0 Å². The van der Waals surface area contributed by atoms with E-state index in [0.717, 1.165) is 36.5 Å². The van der Waals surface area contributed by atoms with Gasteiger partial charge in [-0.1, -0.05) is 23.2 Å². The summed E-state index contributed by atoms with van der Waals surface area (Å²) in [4.78, 5) is 12.6. The maximum absolute atomic E-state index is 13.1. The summed E-state index contributed by atoms with van der Waals surface area (Å²) in [5.74, 6) is 0.721. The number of Topliss-reactive ketones (excluding diaryl/α,β-unsaturated/α-hetero) is 1. The number of hydrogen-bond donors (Lipinski definition) is 0. The Balaban J connectivity index is 0.00000210. The standard InChI is InChI=1S/C20H16Cl2FN2O.BrH/c21-16-8-5-14(10-17(16)22)18-11-24(20-2-1-9-25(18)20)12-19(26)13-3-6-15(23)7-4-13;/h3-8,10-11H,1-2,9,12H2;1H/q+1;/p-1. The second-order valence-corrected chi connectivity index (χ2v) is 7.19. The lowest BCUT2D eigenvalue weighted by Gasteiger charge is -2.01. The largest absolute Gasteiger partial charge is 1.00 e. The molecule has 0 atom stereocenters. The van der Waals surface area contributed by atoms with E-state index in [-0.39, 0.29) is 35.1 Å². The van der Waals surface area contributed by atoms with Gasteiger partial charge in [0, 0.05) is 11.1 Å². The summed E-state index contributed by atoms with van der Waals surface area (Å²) in [5.41, 5.74) is 2.49. The Morgan fingerprint density at radius 2 is 1.85 bits per heavy atom. The number of rotatable bonds is 4. The average Bonchev–Trinajstić information content (AvgIpc) is 3.22. The Hall–Kier alpha value is -1.69. The monoisotopic (exact) mass is 468 g/mol. The fourth-order valence-electron chi connectivity index (χ4n) is 3.41. The van der Waals surface area contributed by atoms with Gasteiger partial charge < -0.3 is 17.0 Å². The van der Waals surface area contributed by atoms with E-state index < -0.39 is 0 Å². The molecule has 3 nitrogen and oxygen atoms in total. The van der Waals surface area contributed by atoms with Gasteiger partial charge in [-0.2, -0.15) is 0 Å². The maximum atomic E-state index is 13.1. The Kier molecular flexibility index (Phi) is 6.04. The number of fused-ring (bicyclic) bond motifs is 1. The number of nitrogens with zero attached hydrogens (tertiary/aromatic N) is 2. The third kappa shape index (κ3) is 3.96. The molecule has 0 bridgehead atoms. The van der Waals surface area contributed by atoms with Gasteiger partial charge in [-0.25, -0.2) is 13.5 Å². The Morgan fingerprint density at radius 3 is 2.56 bits per heavy atom. The molecule has 1 aliphatic heterocycles. The molecule has 7 heteroatoms. The summed E-state index contributed by atoms with van der Waals surface area (Å²) in [6, 6.07) is 11.2. The minimum Gasteiger partial charge on any atom is -1.00 e. The fourth-order valence-corrected chi connectivity index (χ4v) is 3.71. The molecule has 0 saturated carbocycles. The van der Waals surface area contributed by atoms with E-state index in [2.05, 4.69) is 4.57 Å². The van der Waals surface area contributed by atoms with Crippen molar-refractivity contribution < 1.29 is 30.7 Å². The molecule has 4 rings (SSSR count). The van der Waals surface area contributed by atoms with Crippen LogP contribution in [0.5, 0.6) is 0 Å². The van der Waals surface area contributed by atoms with Gasteiger partial charge in [0.05, 0.1) is 23.0 Å². The Bertz CT molecular complexity index is 1000. The average molecular weight is 470 g/mol. The molecule has 0 radical (unpaired) electrons. The molecule has 0 fully saturated rings. The Labute approximate surface area is 177 Å². The van der Waals surface area contributed by atoms with Gasteiger partial charge in [0.25, 0.3) is 5.82 Å². The molecular weight excluding hydrogens is 454 g/mol. The predicted molar refractivity (Wildman–Crippen MR) is 99.1 cm³/mol. The molecule has 140 valence electrons. The minimum atomic E-state index is -0.346. The first-order valence-corrected chi connectivity index (χ1v) is 9.14. The minimum absolute atomic E-state index is 0. The SMILES string of the molecule is O=C(C[n+]1cc(-c2ccc(Cl)c(Cl)c2)n2c1CCC2)c1ccc(F)cc1.[Br-]. The molecule has 1 aromatic heterocycles. The number of carbonyl (C=O) groups excluding carboxylic acids is 1. The predicted octanol–water partition coefficient (Wildman–Crippen LogP) is 1.72. The molecule has 2 heterocycles. The van der Waals surface area contributed by atoms with E-state index in [1.165, 1.54) is 24.3 Å². The third-order valence-electron chi connectivity index (χ3n) is 4.69. The van der Waals surface area contributed by atoms with Gasteiger partial charge in [0.2, 0.25) is 5.78 Å². The van der Waals surface area contributed by atoms with Crippen LogP contribution in [0.15, 0.2) is 48.7 Å². The lowest BCUT2D eigenvalue weighted by molar-refractivity contribution is -0.689. The lowest BCUT2D eigenvalue weighted by atomic mass is 10.1. The van der Waals surface area contributed by atoms with Crippen molar-refractivity contribution >= 4 is 29.0 Å². The summed E-state index contributed by atoms with van der Waals surface area (Å²) in [6.07, 6.45) is 3.93. The molecule has 3 aromatic rings. The van der Waals surface area contributed by atoms with E-state index in [1.807, 2.05) is 22.9 Å². The topological polar surface area (TPSA) is 25.9 Å². The first-order chi connectivity index (χ1) is 12.5. The molecule has 2 aromatic carbocycles. The van der Waals surface area contributed by atoms with Crippen molar-refractivity contribution in [2.45, 2.75) is 25.9 Å². The van der Waals surface area contributed by atoms with E-state index in [9.17, 15) is 9.18 Å². The van der Waals surface area contributed by atoms with E-state index in [4.69, 9.17) is 23.2 Å². The highest BCUT2D eigenvalue weighted by Crippen LogP contribution is 2.30. The third-order valence-corrected chi connectivity index (χ3v) is 5.43. The zero-order valence-electron chi connectivity index (χ0n) is 14.3. The number of aromatic nitrogens is 2. The normalized spacial score (nSPS) is 12.6. The van der Waals surface area contributed by atoms with E-state index >= 15 is 0 Å². The number of carbonyl (C=O) groups is 1. The zero-order chi connectivity index (χ0) is 18.3. The van der Waals surface area contributed by atoms with Crippen LogP contribution >= 0.6 is 23.2 Å². The summed E-state index contributed by atoms with van der Waals surface area (Å²) in [7, 11) is 0. The van der Waals surface area contributed by atoms with Crippen molar-refractivity contribution in [3.05, 3.63) is 75.9 Å². The van der Waals surface area contributed by atoms with E-state index in [0.29, 0.717) is 15.6 Å². The number of benzene rings is 2. The molecule has 0 aliphatic carbocycles. The second-order valence-electron chi connectivity index (χ2n) is 6.37. The van der Waals surface area contributed by atoms with Crippen LogP contribution in [-0.4, -0.2) is 10.4 Å². The smallest absolute Gasteiger partial charge is 0.257 e. The van der Waals surface area contributed by atoms with Gasteiger partial charge in [-0.3, -0.25) is 4.79 Å². The molecule has 0 amide bonds. The lowest BCUT2D eigenvalue weighted by Crippen LogP contribution is -3.00. The second kappa shape index (κ2) is 8.13. The van der Waals surface area contributed by atoms with Crippen LogP contribution in [0.25, 0.3) is 11.3 Å². The van der Waals surface area contributed by atoms with E-state index in [1.54, 1.807) is 6.07 Å². The van der Waals surface area contributed by atoms with Crippen LogP contribution in [0.1, 0.15) is 22.6 Å². The molecular formula is C20H16BrCl2FN2O. The van der Waals surface area contributed by atoms with Gasteiger partial charge in [-0.05, 0) is 48.9 Å². The highest BCUT2D eigenvalue weighted by molar-refractivity contribution is 6.42. The summed E-state index contributed by atoms with van der Waals surface area (Å²) < 4.78 is 17.3. The quantitative estimate of drug-likeness (QED) is 0.422. The summed E-state index contributed by atoms with van der Waals surface area (Å²) >= 11 is 12.2. The number of halogens is 4. The first-order valence-electron chi connectivity index (χ1n) is 8.39. The molecule has 0 N–H and O–H groups in total. The van der Waals surface area contributed by atoms with Crippen molar-refractivity contribution in [2.24, 2.45) is 0 Å². The molecule has 1 aliphatic rings. The molecule has 27 heavy (non-hydrogen) atoms. The van der Waals surface area contributed by atoms with Gasteiger partial charge in [-0.15, -0.1) is 0 Å². The molecule has 0 spiro atoms. The number of imidazole rings is 1. The fraction of sp³-hybridized carbons (Fsp3) is 0.200. The molecule has 0 unspecified atom stereocenters.